The summed E-state index contributed by atoms with van der Waals surface area (Å²) in [7, 11) is -4.04. The maximum Gasteiger partial charge on any atom is 0.322 e. The predicted molar refractivity (Wildman–Crippen MR) is 88.1 cm³/mol. The lowest BCUT2D eigenvalue weighted by Crippen LogP contribution is -2.44. The Morgan fingerprint density at radius 3 is 2.54 bits per heavy atom. The number of sulfonamides is 1. The van der Waals surface area contributed by atoms with Crippen LogP contribution in [0.15, 0.2) is 29.2 Å². The molecule has 1 aliphatic rings. The molecular formula is C16H22N2O5S. The number of carbonyl (C=O) groups is 2. The highest BCUT2D eigenvalue weighted by Gasteiger charge is 2.30. The van der Waals surface area contributed by atoms with E-state index >= 15 is 0 Å². The van der Waals surface area contributed by atoms with Crippen LogP contribution in [0.4, 0.5) is 0 Å². The van der Waals surface area contributed by atoms with E-state index in [0.717, 1.165) is 12.8 Å². The van der Waals surface area contributed by atoms with Crippen molar-refractivity contribution < 1.29 is 23.1 Å². The monoisotopic (exact) mass is 354 g/mol. The number of hydrogen-bond acceptors (Lipinski definition) is 4. The van der Waals surface area contributed by atoms with Gasteiger partial charge in [-0.25, -0.2) is 8.42 Å². The maximum absolute atomic E-state index is 12.5. The zero-order chi connectivity index (χ0) is 17.9. The van der Waals surface area contributed by atoms with Crippen LogP contribution in [-0.2, 0) is 14.8 Å². The second-order valence-electron chi connectivity index (χ2n) is 6.10. The zero-order valence-corrected chi connectivity index (χ0v) is 14.5. The van der Waals surface area contributed by atoms with E-state index in [4.69, 9.17) is 0 Å². The molecule has 1 aromatic rings. The molecule has 0 saturated heterocycles. The molecule has 0 heterocycles. The first-order chi connectivity index (χ1) is 11.2. The van der Waals surface area contributed by atoms with Gasteiger partial charge in [0.1, 0.15) is 6.04 Å². The first-order valence-corrected chi connectivity index (χ1v) is 9.39. The molecule has 1 fully saturated rings. The lowest BCUT2D eigenvalue weighted by molar-refractivity contribution is -0.140. The van der Waals surface area contributed by atoms with Crippen LogP contribution in [0.1, 0.15) is 43.5 Å². The van der Waals surface area contributed by atoms with Gasteiger partial charge >= 0.3 is 5.97 Å². The molecule has 1 aromatic carbocycles. The minimum Gasteiger partial charge on any atom is -0.480 e. The first-order valence-electron chi connectivity index (χ1n) is 7.90. The summed E-state index contributed by atoms with van der Waals surface area (Å²) in [5, 5.41) is 12.0. The van der Waals surface area contributed by atoms with Crippen molar-refractivity contribution >= 4 is 21.9 Å². The molecule has 2 rings (SSSR count). The van der Waals surface area contributed by atoms with Crippen molar-refractivity contribution in [2.75, 3.05) is 0 Å². The number of amides is 1. The number of aliphatic carboxylic acids is 1. The van der Waals surface area contributed by atoms with Crippen LogP contribution in [0.2, 0.25) is 0 Å². The molecule has 0 spiro atoms. The highest BCUT2D eigenvalue weighted by Crippen LogP contribution is 2.20. The number of nitrogens with one attached hydrogen (secondary N) is 2. The van der Waals surface area contributed by atoms with Crippen LogP contribution in [0.25, 0.3) is 0 Å². The SMILES string of the molecule is CC[C@H](C)[C@H](NS(=O)(=O)c1cccc(C(=O)NC2CC2)c1)C(=O)O. The van der Waals surface area contributed by atoms with Gasteiger partial charge in [-0.2, -0.15) is 4.72 Å². The quantitative estimate of drug-likeness (QED) is 0.652. The number of carboxylic acid groups (broad SMARTS) is 1. The van der Waals surface area contributed by atoms with E-state index < -0.39 is 22.0 Å². The van der Waals surface area contributed by atoms with Crippen molar-refractivity contribution in [1.29, 1.82) is 0 Å². The molecule has 1 amide bonds. The normalized spacial score (nSPS) is 17.1. The summed E-state index contributed by atoms with van der Waals surface area (Å²) in [6.07, 6.45) is 2.38. The Morgan fingerprint density at radius 1 is 1.33 bits per heavy atom. The lowest BCUT2D eigenvalue weighted by atomic mass is 10.0. The van der Waals surface area contributed by atoms with Gasteiger partial charge < -0.3 is 10.4 Å². The Labute approximate surface area is 141 Å². The third-order valence-electron chi connectivity index (χ3n) is 4.08. The summed E-state index contributed by atoms with van der Waals surface area (Å²) in [5.74, 6) is -1.92. The van der Waals surface area contributed by atoms with Crippen molar-refractivity contribution in [2.24, 2.45) is 5.92 Å². The lowest BCUT2D eigenvalue weighted by Gasteiger charge is -2.20. The van der Waals surface area contributed by atoms with E-state index in [-0.39, 0.29) is 28.3 Å². The molecular weight excluding hydrogens is 332 g/mol. The number of carbonyl (C=O) groups excluding carboxylic acids is 1. The van der Waals surface area contributed by atoms with Crippen LogP contribution >= 0.6 is 0 Å². The van der Waals surface area contributed by atoms with Gasteiger partial charge in [-0.1, -0.05) is 26.3 Å². The van der Waals surface area contributed by atoms with Gasteiger partial charge in [0.15, 0.2) is 0 Å². The van der Waals surface area contributed by atoms with E-state index in [2.05, 4.69) is 10.0 Å². The molecule has 8 heteroatoms. The summed E-state index contributed by atoms with van der Waals surface area (Å²) in [5.41, 5.74) is 0.236. The van der Waals surface area contributed by atoms with E-state index in [1.165, 1.54) is 24.3 Å². The Bertz CT molecular complexity index is 728. The fourth-order valence-corrected chi connectivity index (χ4v) is 3.53. The summed E-state index contributed by atoms with van der Waals surface area (Å²) < 4.78 is 27.2. The largest absolute Gasteiger partial charge is 0.480 e. The smallest absolute Gasteiger partial charge is 0.322 e. The van der Waals surface area contributed by atoms with Crippen LogP contribution in [0.5, 0.6) is 0 Å². The molecule has 3 N–H and O–H groups in total. The van der Waals surface area contributed by atoms with E-state index in [1.54, 1.807) is 13.8 Å². The molecule has 0 aromatic heterocycles. The van der Waals surface area contributed by atoms with Crippen molar-refractivity contribution in [3.8, 4) is 0 Å². The Kier molecular flexibility index (Phi) is 5.61. The minimum atomic E-state index is -4.04. The van der Waals surface area contributed by atoms with Gasteiger partial charge in [0.25, 0.3) is 5.91 Å². The Balaban J connectivity index is 2.21. The van der Waals surface area contributed by atoms with Crippen LogP contribution < -0.4 is 10.0 Å². The van der Waals surface area contributed by atoms with Crippen LogP contribution in [0, 0.1) is 5.92 Å². The number of rotatable bonds is 8. The fraction of sp³-hybridized carbons (Fsp3) is 0.500. The second kappa shape index (κ2) is 7.31. The van der Waals surface area contributed by atoms with Crippen molar-refractivity contribution in [2.45, 2.75) is 50.1 Å². The minimum absolute atomic E-state index is 0.125. The molecule has 0 unspecified atom stereocenters. The number of carboxylic acids is 1. The standard InChI is InChI=1S/C16H22N2O5S/c1-3-10(2)14(16(20)21)18-24(22,23)13-6-4-5-11(9-13)15(19)17-12-7-8-12/h4-6,9-10,12,14,18H,3,7-8H2,1-2H3,(H,17,19)(H,20,21)/t10-,14-/m0/s1. The van der Waals surface area contributed by atoms with Crippen molar-refractivity contribution in [3.05, 3.63) is 29.8 Å². The average molecular weight is 354 g/mol. The number of benzene rings is 1. The van der Waals surface area contributed by atoms with Gasteiger partial charge in [0.05, 0.1) is 4.90 Å². The third-order valence-corrected chi connectivity index (χ3v) is 5.52. The predicted octanol–water partition coefficient (Wildman–Crippen LogP) is 1.36. The summed E-state index contributed by atoms with van der Waals surface area (Å²) >= 11 is 0. The molecule has 2 atom stereocenters. The molecule has 7 nitrogen and oxygen atoms in total. The number of hydrogen-bond donors (Lipinski definition) is 3. The topological polar surface area (TPSA) is 113 Å². The van der Waals surface area contributed by atoms with Crippen LogP contribution in [0.3, 0.4) is 0 Å². The van der Waals surface area contributed by atoms with Crippen molar-refractivity contribution in [1.82, 2.24) is 10.0 Å². The molecule has 24 heavy (non-hydrogen) atoms. The summed E-state index contributed by atoms with van der Waals surface area (Å²) in [6.45, 7) is 3.46. The van der Waals surface area contributed by atoms with E-state index in [0.29, 0.717) is 6.42 Å². The zero-order valence-electron chi connectivity index (χ0n) is 13.7. The summed E-state index contributed by atoms with van der Waals surface area (Å²) in [4.78, 5) is 23.2. The highest BCUT2D eigenvalue weighted by molar-refractivity contribution is 7.89. The van der Waals surface area contributed by atoms with Gasteiger partial charge in [-0.05, 0) is 37.0 Å². The van der Waals surface area contributed by atoms with E-state index in [9.17, 15) is 23.1 Å². The molecule has 0 aliphatic heterocycles. The van der Waals surface area contributed by atoms with Gasteiger partial charge in [0, 0.05) is 11.6 Å². The molecule has 1 aliphatic carbocycles. The molecule has 0 bridgehead atoms. The van der Waals surface area contributed by atoms with Gasteiger partial charge in [-0.15, -0.1) is 0 Å². The maximum atomic E-state index is 12.5. The first kappa shape index (κ1) is 18.4. The van der Waals surface area contributed by atoms with Crippen molar-refractivity contribution in [3.63, 3.8) is 0 Å². The molecule has 132 valence electrons. The van der Waals surface area contributed by atoms with Gasteiger partial charge in [-0.3, -0.25) is 9.59 Å². The van der Waals surface area contributed by atoms with Crippen LogP contribution in [-0.4, -0.2) is 37.5 Å². The molecule has 0 radical (unpaired) electrons. The highest BCUT2D eigenvalue weighted by atomic mass is 32.2. The Morgan fingerprint density at radius 2 is 2.00 bits per heavy atom. The van der Waals surface area contributed by atoms with Gasteiger partial charge in [0.2, 0.25) is 10.0 Å². The summed E-state index contributed by atoms with van der Waals surface area (Å²) in [6, 6.07) is 4.54. The Hall–Kier alpha value is -1.93. The molecule has 1 saturated carbocycles. The van der Waals surface area contributed by atoms with E-state index in [1.807, 2.05) is 0 Å². The average Bonchev–Trinajstić information content (AvgIpc) is 3.35. The third kappa shape index (κ3) is 4.55. The second-order valence-corrected chi connectivity index (χ2v) is 7.81. The fourth-order valence-electron chi connectivity index (χ4n) is 2.18.